The molecule has 0 aliphatic carbocycles. The third-order valence-electron chi connectivity index (χ3n) is 3.95. The Kier molecular flexibility index (Phi) is 4.65. The van der Waals surface area contributed by atoms with Crippen LogP contribution in [-0.4, -0.2) is 55.3 Å². The van der Waals surface area contributed by atoms with Gasteiger partial charge in [-0.1, -0.05) is 24.3 Å². The Morgan fingerprint density at radius 1 is 1.32 bits per heavy atom. The summed E-state index contributed by atoms with van der Waals surface area (Å²) in [6.45, 7) is 2.47. The number of rotatable bonds is 5. The predicted molar refractivity (Wildman–Crippen MR) is 83.9 cm³/mol. The highest BCUT2D eigenvalue weighted by Gasteiger charge is 2.28. The number of pyridine rings is 1. The molecule has 0 N–H and O–H groups in total. The van der Waals surface area contributed by atoms with E-state index in [2.05, 4.69) is 4.98 Å². The van der Waals surface area contributed by atoms with Gasteiger partial charge in [-0.25, -0.2) is 0 Å². The first-order valence-corrected chi connectivity index (χ1v) is 7.53. The first kappa shape index (κ1) is 14.9. The lowest BCUT2D eigenvalue weighted by molar-refractivity contribution is 0.0218. The Balaban J connectivity index is 1.71. The van der Waals surface area contributed by atoms with Crippen LogP contribution in [0.3, 0.4) is 0 Å². The highest BCUT2D eigenvalue weighted by atomic mass is 16.5. The molecule has 5 heteroatoms. The van der Waals surface area contributed by atoms with E-state index in [0.29, 0.717) is 32.0 Å². The SMILES string of the molecule is COCCOC1CCN(C(=O)c2nccc3ccccc23)C1. The molecule has 1 aromatic carbocycles. The van der Waals surface area contributed by atoms with Crippen molar-refractivity contribution in [2.24, 2.45) is 0 Å². The maximum Gasteiger partial charge on any atom is 0.273 e. The van der Waals surface area contributed by atoms with Crippen LogP contribution in [0.4, 0.5) is 0 Å². The number of fused-ring (bicyclic) bond motifs is 1. The van der Waals surface area contributed by atoms with E-state index >= 15 is 0 Å². The normalized spacial score (nSPS) is 18.0. The molecule has 116 valence electrons. The Morgan fingerprint density at radius 2 is 2.18 bits per heavy atom. The lowest BCUT2D eigenvalue weighted by Crippen LogP contribution is -2.31. The van der Waals surface area contributed by atoms with Gasteiger partial charge < -0.3 is 14.4 Å². The fourth-order valence-corrected chi connectivity index (χ4v) is 2.79. The molecular weight excluding hydrogens is 280 g/mol. The average Bonchev–Trinajstić information content (AvgIpc) is 3.03. The van der Waals surface area contributed by atoms with Crippen LogP contribution in [-0.2, 0) is 9.47 Å². The highest BCUT2D eigenvalue weighted by molar-refractivity contribution is 6.05. The molecular formula is C17H20N2O3. The van der Waals surface area contributed by atoms with E-state index in [-0.39, 0.29) is 12.0 Å². The van der Waals surface area contributed by atoms with Crippen molar-refractivity contribution in [3.8, 4) is 0 Å². The monoisotopic (exact) mass is 300 g/mol. The number of hydrogen-bond acceptors (Lipinski definition) is 4. The van der Waals surface area contributed by atoms with E-state index < -0.39 is 0 Å². The molecule has 1 aliphatic rings. The van der Waals surface area contributed by atoms with Crippen molar-refractivity contribution >= 4 is 16.7 Å². The predicted octanol–water partition coefficient (Wildman–Crippen LogP) is 2.11. The second-order valence-corrected chi connectivity index (χ2v) is 5.41. The molecule has 1 saturated heterocycles. The standard InChI is InChI=1S/C17H20N2O3/c1-21-10-11-22-14-7-9-19(12-14)17(20)16-15-5-3-2-4-13(15)6-8-18-16/h2-6,8,14H,7,9-12H2,1H3. The quantitative estimate of drug-likeness (QED) is 0.794. The van der Waals surface area contributed by atoms with Crippen molar-refractivity contribution in [2.75, 3.05) is 33.4 Å². The molecule has 3 rings (SSSR count). The molecule has 1 unspecified atom stereocenters. The van der Waals surface area contributed by atoms with E-state index in [1.165, 1.54) is 0 Å². The Labute approximate surface area is 129 Å². The zero-order valence-corrected chi connectivity index (χ0v) is 12.7. The molecule has 1 fully saturated rings. The Bertz CT molecular complexity index is 654. The second-order valence-electron chi connectivity index (χ2n) is 5.41. The summed E-state index contributed by atoms with van der Waals surface area (Å²) in [7, 11) is 1.65. The van der Waals surface area contributed by atoms with Crippen LogP contribution < -0.4 is 0 Å². The van der Waals surface area contributed by atoms with Gasteiger partial charge in [0.1, 0.15) is 5.69 Å². The summed E-state index contributed by atoms with van der Waals surface area (Å²) >= 11 is 0. The van der Waals surface area contributed by atoms with Gasteiger partial charge in [-0.2, -0.15) is 0 Å². The molecule has 5 nitrogen and oxygen atoms in total. The summed E-state index contributed by atoms with van der Waals surface area (Å²) in [5.41, 5.74) is 0.524. The fourth-order valence-electron chi connectivity index (χ4n) is 2.79. The van der Waals surface area contributed by atoms with Gasteiger partial charge in [0, 0.05) is 31.8 Å². The van der Waals surface area contributed by atoms with Crippen LogP contribution in [0.15, 0.2) is 36.5 Å². The molecule has 0 saturated carbocycles. The summed E-state index contributed by atoms with van der Waals surface area (Å²) in [6, 6.07) is 9.76. The molecule has 2 aromatic rings. The first-order chi connectivity index (χ1) is 10.8. The molecule has 1 amide bonds. The summed E-state index contributed by atoms with van der Waals surface area (Å²) in [4.78, 5) is 18.8. The minimum atomic E-state index is -0.0189. The van der Waals surface area contributed by atoms with Crippen molar-refractivity contribution in [1.82, 2.24) is 9.88 Å². The number of ether oxygens (including phenoxy) is 2. The molecule has 0 spiro atoms. The van der Waals surface area contributed by atoms with Gasteiger partial charge >= 0.3 is 0 Å². The summed E-state index contributed by atoms with van der Waals surface area (Å²) < 4.78 is 10.7. The molecule has 2 heterocycles. The van der Waals surface area contributed by atoms with Gasteiger partial charge in [0.05, 0.1) is 19.3 Å². The smallest absolute Gasteiger partial charge is 0.273 e. The minimum Gasteiger partial charge on any atom is -0.382 e. The van der Waals surface area contributed by atoms with Gasteiger partial charge in [0.25, 0.3) is 5.91 Å². The van der Waals surface area contributed by atoms with Crippen molar-refractivity contribution < 1.29 is 14.3 Å². The van der Waals surface area contributed by atoms with Crippen molar-refractivity contribution in [2.45, 2.75) is 12.5 Å². The average molecular weight is 300 g/mol. The minimum absolute atomic E-state index is 0.0189. The number of hydrogen-bond donors (Lipinski definition) is 0. The van der Waals surface area contributed by atoms with Gasteiger partial charge in [0.2, 0.25) is 0 Å². The number of likely N-dealkylation sites (tertiary alicyclic amines) is 1. The number of carbonyl (C=O) groups is 1. The van der Waals surface area contributed by atoms with Crippen LogP contribution in [0.25, 0.3) is 10.8 Å². The summed E-state index contributed by atoms with van der Waals surface area (Å²) in [5.74, 6) is -0.0189. The number of methoxy groups -OCH3 is 1. The molecule has 0 radical (unpaired) electrons. The van der Waals surface area contributed by atoms with Gasteiger partial charge in [-0.15, -0.1) is 0 Å². The number of amides is 1. The molecule has 0 bridgehead atoms. The van der Waals surface area contributed by atoms with Crippen LogP contribution in [0.2, 0.25) is 0 Å². The number of nitrogens with zero attached hydrogens (tertiary/aromatic N) is 2. The zero-order chi connectivity index (χ0) is 15.4. The summed E-state index contributed by atoms with van der Waals surface area (Å²) in [5, 5.41) is 1.94. The van der Waals surface area contributed by atoms with Crippen molar-refractivity contribution in [1.29, 1.82) is 0 Å². The first-order valence-electron chi connectivity index (χ1n) is 7.53. The van der Waals surface area contributed by atoms with Crippen molar-refractivity contribution in [3.63, 3.8) is 0 Å². The molecule has 1 atom stereocenters. The number of carbonyl (C=O) groups excluding carboxylic acids is 1. The van der Waals surface area contributed by atoms with Crippen LogP contribution in [0.1, 0.15) is 16.9 Å². The Morgan fingerprint density at radius 3 is 3.05 bits per heavy atom. The molecule has 1 aromatic heterocycles. The van der Waals surface area contributed by atoms with Gasteiger partial charge in [-0.05, 0) is 17.9 Å². The van der Waals surface area contributed by atoms with E-state index in [0.717, 1.165) is 17.2 Å². The number of benzene rings is 1. The fraction of sp³-hybridized carbons (Fsp3) is 0.412. The van der Waals surface area contributed by atoms with Crippen molar-refractivity contribution in [3.05, 3.63) is 42.2 Å². The third-order valence-corrected chi connectivity index (χ3v) is 3.95. The van der Waals surface area contributed by atoms with E-state index in [9.17, 15) is 4.79 Å². The topological polar surface area (TPSA) is 51.7 Å². The largest absolute Gasteiger partial charge is 0.382 e. The third kappa shape index (κ3) is 3.10. The number of aromatic nitrogens is 1. The second kappa shape index (κ2) is 6.85. The Hall–Kier alpha value is -1.98. The zero-order valence-electron chi connectivity index (χ0n) is 12.7. The lowest BCUT2D eigenvalue weighted by Gasteiger charge is -2.17. The maximum atomic E-state index is 12.7. The van der Waals surface area contributed by atoms with Gasteiger partial charge in [-0.3, -0.25) is 9.78 Å². The maximum absolute atomic E-state index is 12.7. The molecule has 22 heavy (non-hydrogen) atoms. The molecule has 1 aliphatic heterocycles. The van der Waals surface area contributed by atoms with E-state index in [1.807, 2.05) is 35.2 Å². The highest BCUT2D eigenvalue weighted by Crippen LogP contribution is 2.21. The van der Waals surface area contributed by atoms with Crippen LogP contribution in [0.5, 0.6) is 0 Å². The lowest BCUT2D eigenvalue weighted by atomic mass is 10.1. The van der Waals surface area contributed by atoms with E-state index in [4.69, 9.17) is 9.47 Å². The summed E-state index contributed by atoms with van der Waals surface area (Å²) in [6.07, 6.45) is 2.65. The van der Waals surface area contributed by atoms with Gasteiger partial charge in [0.15, 0.2) is 0 Å². The van der Waals surface area contributed by atoms with Crippen LogP contribution in [0, 0.1) is 0 Å². The van der Waals surface area contributed by atoms with E-state index in [1.54, 1.807) is 13.3 Å². The van der Waals surface area contributed by atoms with Crippen LogP contribution >= 0.6 is 0 Å².